The molecule has 1 saturated carbocycles. The molecule has 8 rings (SSSR count). The van der Waals surface area contributed by atoms with Gasteiger partial charge in [-0.3, -0.25) is 23.9 Å². The van der Waals surface area contributed by atoms with E-state index in [1.807, 2.05) is 0 Å². The maximum Gasteiger partial charge on any atom is 0.435 e. The van der Waals surface area contributed by atoms with Crippen molar-refractivity contribution < 1.29 is 75.4 Å². The molecule has 2 aliphatic rings. The van der Waals surface area contributed by atoms with Crippen LogP contribution in [0.15, 0.2) is 66.7 Å². The number of alkyl halides is 8. The van der Waals surface area contributed by atoms with E-state index in [4.69, 9.17) is 16.6 Å². The van der Waals surface area contributed by atoms with Crippen molar-refractivity contribution in [3.63, 3.8) is 0 Å². The van der Waals surface area contributed by atoms with Crippen LogP contribution >= 0.6 is 11.6 Å². The first kappa shape index (κ1) is 54.0. The number of phenols is 1. The molecule has 0 spiro atoms. The number of hydrogen-bond acceptors (Lipinski definition) is 10. The highest BCUT2D eigenvalue weighted by Gasteiger charge is 2.68. The van der Waals surface area contributed by atoms with Crippen molar-refractivity contribution in [3.8, 4) is 16.9 Å². The van der Waals surface area contributed by atoms with E-state index in [0.29, 0.717) is 17.0 Å². The molecule has 2 amide bonds. The molecule has 1 unspecified atom stereocenters. The summed E-state index contributed by atoms with van der Waals surface area (Å²) in [6, 6.07) is 10.3. The van der Waals surface area contributed by atoms with Gasteiger partial charge in [0.05, 0.1) is 45.1 Å². The van der Waals surface area contributed by atoms with Crippen molar-refractivity contribution in [1.29, 1.82) is 0 Å². The summed E-state index contributed by atoms with van der Waals surface area (Å²) in [5.74, 6) is -12.4. The van der Waals surface area contributed by atoms with E-state index in [2.05, 4.69) is 15.5 Å². The summed E-state index contributed by atoms with van der Waals surface area (Å²) >= 11 is 6.70. The third kappa shape index (κ3) is 10.8. The number of anilines is 1. The first-order valence-corrected chi connectivity index (χ1v) is 26.3. The summed E-state index contributed by atoms with van der Waals surface area (Å²) in [4.78, 5) is 32.9. The Hall–Kier alpha value is -6.28. The molecule has 3 heterocycles. The highest BCUT2D eigenvalue weighted by Crippen LogP contribution is 2.68. The smallest absolute Gasteiger partial charge is 0.435 e. The number of rotatable bonds is 16. The highest BCUT2D eigenvalue weighted by atomic mass is 35.5. The van der Waals surface area contributed by atoms with Crippen LogP contribution in [0.2, 0.25) is 5.02 Å². The monoisotopic (exact) mass is 1110 g/mol. The summed E-state index contributed by atoms with van der Waals surface area (Å²) in [5.41, 5.74) is -5.00. The molecule has 1 fully saturated rings. The molecule has 0 radical (unpaired) electrons. The predicted octanol–water partition coefficient (Wildman–Crippen LogP) is 9.11. The largest absolute Gasteiger partial charge is 0.508 e. The molecule has 0 bridgehead atoms. The molecule has 0 saturated heterocycles. The second-order valence-corrected chi connectivity index (χ2v) is 23.8. The van der Waals surface area contributed by atoms with Crippen molar-refractivity contribution in [2.75, 3.05) is 16.8 Å². The number of pyridine rings is 1. The van der Waals surface area contributed by atoms with Gasteiger partial charge in [0.2, 0.25) is 21.8 Å². The van der Waals surface area contributed by atoms with Crippen molar-refractivity contribution in [3.05, 3.63) is 123 Å². The molecular formula is C47H42ClF10N7O7S2. The number of sulfone groups is 1. The number of halogens is 11. The maximum atomic E-state index is 15.6. The van der Waals surface area contributed by atoms with Crippen molar-refractivity contribution in [2.45, 2.75) is 94.0 Å². The van der Waals surface area contributed by atoms with E-state index in [9.17, 15) is 66.7 Å². The number of nitrogens with zero attached hydrogens (tertiary/aromatic N) is 6. The van der Waals surface area contributed by atoms with Gasteiger partial charge in [-0.1, -0.05) is 35.9 Å². The molecule has 3 aromatic carbocycles. The second kappa shape index (κ2) is 18.8. The van der Waals surface area contributed by atoms with Gasteiger partial charge in [0.1, 0.15) is 36.2 Å². The molecular weight excluding hydrogens is 1060 g/mol. The normalized spacial score (nSPS) is 17.0. The van der Waals surface area contributed by atoms with Crippen LogP contribution in [0, 0.1) is 17.6 Å². The highest BCUT2D eigenvalue weighted by molar-refractivity contribution is 7.93. The average molecular weight is 1110 g/mol. The van der Waals surface area contributed by atoms with Gasteiger partial charge >= 0.3 is 12.4 Å². The topological polar surface area (TPSA) is 186 Å². The quantitative estimate of drug-likeness (QED) is 0.0886. The Balaban J connectivity index is 1.34. The summed E-state index contributed by atoms with van der Waals surface area (Å²) in [6.45, 7) is -0.403. The molecule has 3 aromatic heterocycles. The van der Waals surface area contributed by atoms with Gasteiger partial charge in [0.15, 0.2) is 21.3 Å². The molecule has 14 nitrogen and oxygen atoms in total. The molecule has 396 valence electrons. The lowest BCUT2D eigenvalue weighted by Gasteiger charge is -2.25. The summed E-state index contributed by atoms with van der Waals surface area (Å²) in [5, 5.41) is 18.7. The van der Waals surface area contributed by atoms with E-state index in [-0.39, 0.29) is 67.6 Å². The van der Waals surface area contributed by atoms with Gasteiger partial charge in [-0.2, -0.15) is 49.6 Å². The first-order chi connectivity index (χ1) is 34.1. The van der Waals surface area contributed by atoms with Crippen LogP contribution in [-0.2, 0) is 73.9 Å². The number of carbonyl (C=O) groups is 2. The number of amides is 2. The Kier molecular flexibility index (Phi) is 13.7. The van der Waals surface area contributed by atoms with E-state index < -0.39 is 149 Å². The fourth-order valence-corrected chi connectivity index (χ4v) is 10.7. The van der Waals surface area contributed by atoms with E-state index in [1.54, 1.807) is 0 Å². The minimum Gasteiger partial charge on any atom is -0.508 e. The Morgan fingerprint density at radius 3 is 2.12 bits per heavy atom. The van der Waals surface area contributed by atoms with Crippen LogP contribution in [0.1, 0.15) is 78.1 Å². The number of sulfonamides is 1. The Morgan fingerprint density at radius 1 is 0.892 bits per heavy atom. The maximum absolute atomic E-state index is 15.6. The molecule has 3 atom stereocenters. The average Bonchev–Trinajstić information content (AvgIpc) is 3.78. The summed E-state index contributed by atoms with van der Waals surface area (Å²) in [6.07, 6.45) is -10.7. The van der Waals surface area contributed by atoms with E-state index >= 15 is 8.78 Å². The SMILES string of the molecule is CC(C)(CCc1ccc(-c2ccc(Cl)c3c(N(C(=O)Cc4ccc(O)cc4)S(C)(=O)=O)nn(CC(F)(F)F)c23)c([C@H](Cc2cc(F)cc(F)c2)NC(=O)Cn2nc(C(F)(F)F)c3c2C(F)(F)[C@@H]2CC32)n1)S(C)(=O)=O. The Morgan fingerprint density at radius 2 is 1.53 bits per heavy atom. The predicted molar refractivity (Wildman–Crippen MR) is 248 cm³/mol. The Labute approximate surface area is 420 Å². The molecule has 2 N–H and O–H groups in total. The third-order valence-electron chi connectivity index (χ3n) is 13.0. The number of phenolic OH excluding ortho intramolecular Hbond substituents is 1. The van der Waals surface area contributed by atoms with Crippen molar-refractivity contribution in [1.82, 2.24) is 29.9 Å². The molecule has 74 heavy (non-hydrogen) atoms. The van der Waals surface area contributed by atoms with Gasteiger partial charge in [-0.15, -0.1) is 0 Å². The van der Waals surface area contributed by atoms with Gasteiger partial charge in [0.25, 0.3) is 5.92 Å². The fraction of sp³-hybridized carbons (Fsp3) is 0.383. The van der Waals surface area contributed by atoms with Crippen molar-refractivity contribution >= 4 is 60.0 Å². The molecule has 27 heteroatoms. The number of hydrogen-bond donors (Lipinski definition) is 2. The number of benzene rings is 3. The van der Waals surface area contributed by atoms with Crippen LogP contribution in [0.25, 0.3) is 22.0 Å². The van der Waals surface area contributed by atoms with Crippen LogP contribution in [0.5, 0.6) is 5.75 Å². The van der Waals surface area contributed by atoms with Gasteiger partial charge in [0, 0.05) is 40.6 Å². The number of carbonyl (C=O) groups excluding carboxylic acids is 2. The van der Waals surface area contributed by atoms with Crippen LogP contribution in [0.4, 0.5) is 49.7 Å². The number of fused-ring (bicyclic) bond motifs is 4. The lowest BCUT2D eigenvalue weighted by atomic mass is 9.93. The number of nitrogens with one attached hydrogen (secondary N) is 1. The van der Waals surface area contributed by atoms with Crippen molar-refractivity contribution in [2.24, 2.45) is 5.92 Å². The minimum atomic E-state index is -5.21. The number of aromatic nitrogens is 5. The standard InChI is InChI=1S/C47H42ClF10N7O7S2/c1-44(2,73(3,69)70)14-13-27-7-10-29(30-11-12-33(48)38-40(30)64(22-45(51,52)53)62-43(38)65(74(4,71)72)36(68)18-23-5-8-28(66)9-6-23)39(59-27)34(17-24-15-25(49)19-26(50)16-24)60-35(67)21-63-42-37(41(61-63)47(56,57)58)31-20-32(31)46(42,54)55/h5-12,15-16,19,31-32,34,66H,13-14,17-18,20-22H2,1-4H3,(H,60,67)/t31?,32-,34+/m1/s1. The molecule has 2 aliphatic carbocycles. The lowest BCUT2D eigenvalue weighted by molar-refractivity contribution is -0.143. The van der Waals surface area contributed by atoms with Gasteiger partial charge in [-0.25, -0.2) is 25.6 Å². The summed E-state index contributed by atoms with van der Waals surface area (Å²) < 4.78 is 199. The van der Waals surface area contributed by atoms with Crippen LogP contribution < -0.4 is 9.62 Å². The van der Waals surface area contributed by atoms with Gasteiger partial charge < -0.3 is 10.4 Å². The zero-order valence-corrected chi connectivity index (χ0v) is 41.5. The minimum absolute atomic E-state index is 0.0569. The second-order valence-electron chi connectivity index (χ2n) is 18.9. The zero-order valence-electron chi connectivity index (χ0n) is 39.1. The Bertz CT molecular complexity index is 3450. The number of aryl methyl sites for hydroxylation is 1. The van der Waals surface area contributed by atoms with Gasteiger partial charge in [-0.05, 0) is 93.0 Å². The molecule has 6 aromatic rings. The van der Waals surface area contributed by atoms with E-state index in [1.165, 1.54) is 50.2 Å². The zero-order chi connectivity index (χ0) is 54.4. The molecule has 0 aliphatic heterocycles. The van der Waals surface area contributed by atoms with Crippen LogP contribution in [-0.4, -0.2) is 81.7 Å². The lowest BCUT2D eigenvalue weighted by Crippen LogP contribution is -2.38. The third-order valence-corrected chi connectivity index (χ3v) is 16.5. The van der Waals surface area contributed by atoms with E-state index in [0.717, 1.165) is 30.5 Å². The number of aromatic hydroxyl groups is 1. The van der Waals surface area contributed by atoms with Crippen LogP contribution in [0.3, 0.4) is 0 Å². The fourth-order valence-electron chi connectivity index (χ4n) is 9.14. The summed E-state index contributed by atoms with van der Waals surface area (Å²) in [7, 11) is -8.52. The first-order valence-electron chi connectivity index (χ1n) is 22.2.